The molecule has 0 aliphatic carbocycles. The maximum Gasteiger partial charge on any atom is 0.280 e. The molecule has 2 aromatic rings. The number of aromatic nitrogens is 1. The van der Waals surface area contributed by atoms with Crippen LogP contribution >= 0.6 is 35.3 Å². The molecule has 1 aromatic carbocycles. The number of thiocarbonyl (C=S) groups is 1. The van der Waals surface area contributed by atoms with E-state index >= 15 is 0 Å². The molecular weight excluding hydrogens is 336 g/mol. The largest absolute Gasteiger partial charge is 0.417 e. The first kappa shape index (κ1) is 13.9. The van der Waals surface area contributed by atoms with Crippen LogP contribution in [-0.2, 0) is 4.79 Å². The van der Waals surface area contributed by atoms with Crippen molar-refractivity contribution in [2.24, 2.45) is 0 Å². The maximum absolute atomic E-state index is 11.6. The van der Waals surface area contributed by atoms with E-state index in [0.29, 0.717) is 22.4 Å². The Bertz CT molecular complexity index is 785. The fourth-order valence-electron chi connectivity index (χ4n) is 2.31. The molecule has 110 valence electrons. The molecule has 4 rings (SSSR count). The molecule has 0 spiro atoms. The number of β-lactam (4-membered cyclic amide) rings is 1. The third-order valence-corrected chi connectivity index (χ3v) is 5.50. The topological polar surface area (TPSA) is 42.4 Å². The van der Waals surface area contributed by atoms with Gasteiger partial charge in [0.1, 0.15) is 5.70 Å². The number of hydrogen-bond donors (Lipinski definition) is 0. The number of thioether (sulfide) groups is 1. The van der Waals surface area contributed by atoms with Crippen LogP contribution in [0.3, 0.4) is 0 Å². The van der Waals surface area contributed by atoms with E-state index in [0.717, 1.165) is 11.3 Å². The van der Waals surface area contributed by atoms with Crippen molar-refractivity contribution in [3.63, 3.8) is 0 Å². The van der Waals surface area contributed by atoms with E-state index in [4.69, 9.17) is 17.0 Å². The van der Waals surface area contributed by atoms with E-state index in [1.54, 1.807) is 16.7 Å². The summed E-state index contributed by atoms with van der Waals surface area (Å²) in [4.78, 5) is 17.7. The molecule has 2 aliphatic heterocycles. The minimum Gasteiger partial charge on any atom is -0.417 e. The van der Waals surface area contributed by atoms with Gasteiger partial charge >= 0.3 is 0 Å². The van der Waals surface area contributed by atoms with E-state index in [2.05, 4.69) is 4.98 Å². The lowest BCUT2D eigenvalue weighted by Gasteiger charge is -2.35. The molecule has 3 heterocycles. The van der Waals surface area contributed by atoms with Crippen molar-refractivity contribution in [1.82, 2.24) is 9.88 Å². The molecule has 1 atom stereocenters. The number of ether oxygens (including phenoxy) is 1. The van der Waals surface area contributed by atoms with Crippen molar-refractivity contribution in [2.75, 3.05) is 0 Å². The monoisotopic (exact) mass is 346 g/mol. The molecule has 7 heteroatoms. The zero-order valence-electron chi connectivity index (χ0n) is 11.3. The van der Waals surface area contributed by atoms with Gasteiger partial charge < -0.3 is 4.74 Å². The standard InChI is InChI=1S/C15H10N2O2S3/c18-12-6-13-17(12)11(8-21-13)14(20)19-15-16-10(7-22-15)9-4-2-1-3-5-9/h1-5,7-8,13H,6H2/t13-/m1/s1. The highest BCUT2D eigenvalue weighted by molar-refractivity contribution is 8.03. The average Bonchev–Trinajstić information content (AvgIpc) is 3.12. The van der Waals surface area contributed by atoms with Crippen LogP contribution in [-0.4, -0.2) is 26.2 Å². The Balaban J connectivity index is 1.49. The predicted molar refractivity (Wildman–Crippen MR) is 91.7 cm³/mol. The second-order valence-corrected chi connectivity index (χ2v) is 7.06. The van der Waals surface area contributed by atoms with Crippen molar-refractivity contribution < 1.29 is 9.53 Å². The lowest BCUT2D eigenvalue weighted by atomic mass is 10.2. The minimum atomic E-state index is 0.0938. The lowest BCUT2D eigenvalue weighted by Crippen LogP contribution is -2.48. The Morgan fingerprint density at radius 1 is 1.36 bits per heavy atom. The highest BCUT2D eigenvalue weighted by atomic mass is 32.2. The zero-order valence-corrected chi connectivity index (χ0v) is 13.7. The second-order valence-electron chi connectivity index (χ2n) is 4.82. The molecule has 0 radical (unpaired) electrons. The Labute approximate surface area is 140 Å². The summed E-state index contributed by atoms with van der Waals surface area (Å²) >= 11 is 8.31. The van der Waals surface area contributed by atoms with Crippen molar-refractivity contribution in [1.29, 1.82) is 0 Å². The van der Waals surface area contributed by atoms with Crippen molar-refractivity contribution in [3.8, 4) is 16.5 Å². The molecule has 4 nitrogen and oxygen atoms in total. The second kappa shape index (κ2) is 5.49. The molecule has 1 fully saturated rings. The Hall–Kier alpha value is -1.70. The third-order valence-electron chi connectivity index (χ3n) is 3.44. The number of carbonyl (C=O) groups excluding carboxylic acids is 1. The van der Waals surface area contributed by atoms with E-state index in [1.807, 2.05) is 41.1 Å². The van der Waals surface area contributed by atoms with Gasteiger partial charge in [-0.3, -0.25) is 9.69 Å². The molecule has 0 bridgehead atoms. The smallest absolute Gasteiger partial charge is 0.280 e. The van der Waals surface area contributed by atoms with Gasteiger partial charge in [-0.15, -0.1) is 11.8 Å². The highest BCUT2D eigenvalue weighted by Gasteiger charge is 2.44. The van der Waals surface area contributed by atoms with Crippen LogP contribution in [0.4, 0.5) is 0 Å². The SMILES string of the molecule is O=C1C[C@H]2SC=C(C(=S)Oc3nc(-c4ccccc4)cs3)N12. The van der Waals surface area contributed by atoms with E-state index in [9.17, 15) is 4.79 Å². The van der Waals surface area contributed by atoms with Gasteiger partial charge in [-0.2, -0.15) is 0 Å². The van der Waals surface area contributed by atoms with Gasteiger partial charge in [-0.05, 0) is 12.2 Å². The van der Waals surface area contributed by atoms with E-state index < -0.39 is 0 Å². The third kappa shape index (κ3) is 2.35. The average molecular weight is 346 g/mol. The molecule has 2 aliphatic rings. The van der Waals surface area contributed by atoms with Gasteiger partial charge in [0.15, 0.2) is 0 Å². The number of thiazole rings is 1. The number of carbonyl (C=O) groups is 1. The molecule has 0 unspecified atom stereocenters. The minimum absolute atomic E-state index is 0.0938. The predicted octanol–water partition coefficient (Wildman–Crippen LogP) is 3.66. The summed E-state index contributed by atoms with van der Waals surface area (Å²) in [6.07, 6.45) is 0.572. The zero-order chi connectivity index (χ0) is 15.1. The van der Waals surface area contributed by atoms with Gasteiger partial charge in [0.2, 0.25) is 11.0 Å². The molecular formula is C15H10N2O2S3. The number of benzene rings is 1. The van der Waals surface area contributed by atoms with Crippen LogP contribution in [0.1, 0.15) is 6.42 Å². The number of hydrogen-bond acceptors (Lipinski definition) is 6. The first-order chi connectivity index (χ1) is 10.7. The van der Waals surface area contributed by atoms with E-state index in [-0.39, 0.29) is 11.3 Å². The molecule has 0 saturated carbocycles. The summed E-state index contributed by atoms with van der Waals surface area (Å²) in [6, 6.07) is 9.90. The van der Waals surface area contributed by atoms with Gasteiger partial charge in [0, 0.05) is 16.4 Å². The first-order valence-corrected chi connectivity index (χ1v) is 8.86. The van der Waals surface area contributed by atoms with Crippen molar-refractivity contribution in [2.45, 2.75) is 11.8 Å². The number of nitrogens with zero attached hydrogens (tertiary/aromatic N) is 2. The van der Waals surface area contributed by atoms with Crippen LogP contribution in [0, 0.1) is 0 Å². The Morgan fingerprint density at radius 3 is 2.95 bits per heavy atom. The summed E-state index contributed by atoms with van der Waals surface area (Å²) in [5.74, 6) is 0.0938. The van der Waals surface area contributed by atoms with Crippen LogP contribution in [0.2, 0.25) is 0 Å². The Morgan fingerprint density at radius 2 is 2.18 bits per heavy atom. The maximum atomic E-state index is 11.6. The highest BCUT2D eigenvalue weighted by Crippen LogP contribution is 2.41. The number of rotatable bonds is 3. The normalized spacial score (nSPS) is 19.5. The van der Waals surface area contributed by atoms with Gasteiger partial charge in [-0.25, -0.2) is 4.98 Å². The molecule has 0 N–H and O–H groups in total. The Kier molecular flexibility index (Phi) is 3.48. The summed E-state index contributed by atoms with van der Waals surface area (Å²) in [5, 5.41) is 4.81. The summed E-state index contributed by atoms with van der Waals surface area (Å²) in [5.41, 5.74) is 2.57. The molecule has 1 saturated heterocycles. The van der Waals surface area contributed by atoms with Crippen molar-refractivity contribution >= 4 is 46.3 Å². The molecule has 1 aromatic heterocycles. The van der Waals surface area contributed by atoms with Crippen LogP contribution in [0.25, 0.3) is 11.3 Å². The van der Waals surface area contributed by atoms with Crippen molar-refractivity contribution in [3.05, 3.63) is 46.8 Å². The summed E-state index contributed by atoms with van der Waals surface area (Å²) in [7, 11) is 0. The number of amides is 1. The van der Waals surface area contributed by atoms with E-state index in [1.165, 1.54) is 11.3 Å². The first-order valence-electron chi connectivity index (χ1n) is 6.63. The molecule has 1 amide bonds. The van der Waals surface area contributed by atoms with Crippen LogP contribution in [0.5, 0.6) is 5.19 Å². The number of fused-ring (bicyclic) bond motifs is 1. The lowest BCUT2D eigenvalue weighted by molar-refractivity contribution is -0.137. The van der Waals surface area contributed by atoms with Gasteiger partial charge in [-0.1, -0.05) is 41.7 Å². The van der Waals surface area contributed by atoms with Gasteiger partial charge in [0.05, 0.1) is 17.5 Å². The summed E-state index contributed by atoms with van der Waals surface area (Å²) in [6.45, 7) is 0. The summed E-state index contributed by atoms with van der Waals surface area (Å²) < 4.78 is 5.66. The quantitative estimate of drug-likeness (QED) is 0.627. The fourth-order valence-corrected chi connectivity index (χ4v) is 4.45. The molecule has 22 heavy (non-hydrogen) atoms. The van der Waals surface area contributed by atoms with Gasteiger partial charge in [0.25, 0.3) is 5.19 Å². The fraction of sp³-hybridized carbons (Fsp3) is 0.133. The van der Waals surface area contributed by atoms with Crippen LogP contribution in [0.15, 0.2) is 46.8 Å². The van der Waals surface area contributed by atoms with Crippen LogP contribution < -0.4 is 4.74 Å².